The van der Waals surface area contributed by atoms with Crippen LogP contribution in [0, 0.1) is 0 Å². The number of amides is 5. The lowest BCUT2D eigenvalue weighted by atomic mass is 10.0. The van der Waals surface area contributed by atoms with Crippen LogP contribution in [-0.4, -0.2) is 64.0 Å². The fraction of sp³-hybridized carbons (Fsp3) is 0.303. The summed E-state index contributed by atoms with van der Waals surface area (Å²) in [5, 5.41) is 10.1. The van der Waals surface area contributed by atoms with Gasteiger partial charge in [-0.1, -0.05) is 66.7 Å². The van der Waals surface area contributed by atoms with Crippen LogP contribution in [0.1, 0.15) is 37.5 Å². The maximum Gasteiger partial charge on any atom is 0.290 e. The van der Waals surface area contributed by atoms with Gasteiger partial charge in [-0.15, -0.1) is 0 Å². The van der Waals surface area contributed by atoms with E-state index in [-0.39, 0.29) is 19.3 Å². The Hall–Kier alpha value is -5.39. The second kappa shape index (κ2) is 15.9. The molecule has 1 aromatic heterocycles. The van der Waals surface area contributed by atoms with Gasteiger partial charge in [0.1, 0.15) is 17.6 Å². The highest BCUT2D eigenvalue weighted by Gasteiger charge is 2.34. The van der Waals surface area contributed by atoms with Gasteiger partial charge in [0.2, 0.25) is 29.4 Å². The highest BCUT2D eigenvalue weighted by atomic mass is 16.2. The van der Waals surface area contributed by atoms with E-state index in [9.17, 15) is 28.8 Å². The van der Waals surface area contributed by atoms with Crippen molar-refractivity contribution in [2.45, 2.75) is 63.7 Å². The molecule has 0 aliphatic heterocycles. The number of pyridine rings is 1. The molecule has 12 nitrogen and oxygen atoms in total. The van der Waals surface area contributed by atoms with Gasteiger partial charge in [-0.2, -0.15) is 0 Å². The molecule has 1 heterocycles. The first-order chi connectivity index (χ1) is 21.4. The highest BCUT2D eigenvalue weighted by molar-refractivity contribution is 6.38. The van der Waals surface area contributed by atoms with E-state index in [2.05, 4.69) is 26.3 Å². The predicted octanol–water partition coefficient (Wildman–Crippen LogP) is 0.533. The Balaban J connectivity index is 1.71. The van der Waals surface area contributed by atoms with Gasteiger partial charge < -0.3 is 27.0 Å². The Morgan fingerprint density at radius 2 is 1.29 bits per heavy atom. The minimum absolute atomic E-state index is 0.0158. The van der Waals surface area contributed by atoms with Crippen LogP contribution in [0.15, 0.2) is 85.2 Å². The first-order valence-corrected chi connectivity index (χ1v) is 14.4. The molecule has 0 aliphatic rings. The van der Waals surface area contributed by atoms with Gasteiger partial charge in [-0.3, -0.25) is 33.8 Å². The van der Waals surface area contributed by atoms with Gasteiger partial charge in [0.25, 0.3) is 5.91 Å². The van der Waals surface area contributed by atoms with Crippen LogP contribution in [0.3, 0.4) is 0 Å². The average Bonchev–Trinajstić information content (AvgIpc) is 3.01. The molecular weight excluding hydrogens is 576 g/mol. The predicted molar refractivity (Wildman–Crippen MR) is 166 cm³/mol. The van der Waals surface area contributed by atoms with Crippen molar-refractivity contribution >= 4 is 35.3 Å². The number of Topliss-reactive ketones (excluding diaryl/α,β-unsaturated/α-hetero) is 1. The number of primary amides is 1. The van der Waals surface area contributed by atoms with Crippen molar-refractivity contribution in [3.05, 3.63) is 102 Å². The second-order valence-electron chi connectivity index (χ2n) is 11.1. The van der Waals surface area contributed by atoms with Crippen LogP contribution in [0.2, 0.25) is 0 Å². The molecule has 2 aromatic carbocycles. The topological polar surface area (TPSA) is 189 Å². The van der Waals surface area contributed by atoms with Crippen molar-refractivity contribution in [1.29, 1.82) is 0 Å². The summed E-state index contributed by atoms with van der Waals surface area (Å²) >= 11 is 0. The Morgan fingerprint density at radius 3 is 1.87 bits per heavy atom. The lowest BCUT2D eigenvalue weighted by Gasteiger charge is -2.26. The Morgan fingerprint density at radius 1 is 0.733 bits per heavy atom. The van der Waals surface area contributed by atoms with Crippen molar-refractivity contribution in [2.75, 3.05) is 0 Å². The normalized spacial score (nSPS) is 13.0. The van der Waals surface area contributed by atoms with E-state index in [4.69, 9.17) is 5.73 Å². The quantitative estimate of drug-likeness (QED) is 0.154. The Labute approximate surface area is 261 Å². The smallest absolute Gasteiger partial charge is 0.290 e. The number of aromatic nitrogens is 1. The van der Waals surface area contributed by atoms with E-state index in [1.165, 1.54) is 20.8 Å². The van der Waals surface area contributed by atoms with E-state index < -0.39 is 59.0 Å². The standard InChI is InChI=1S/C33H38N6O6/c1-21(28(41)31(44)38-26(17-22-11-6-4-7-12-22)30(43)39-33(2,3)32(34)45)36-29(42)25(18-24-15-10-16-35-20-24)37-27(40)19-23-13-8-5-9-14-23/h4-16,20-21,25-26H,17-19H2,1-3H3,(H2,34,45)(H,36,42)(H,37,40)(H,38,44)(H,39,43). The van der Waals surface area contributed by atoms with Gasteiger partial charge in [-0.05, 0) is 43.5 Å². The van der Waals surface area contributed by atoms with E-state index in [0.717, 1.165) is 5.56 Å². The van der Waals surface area contributed by atoms with Crippen LogP contribution in [0.25, 0.3) is 0 Å². The maximum atomic E-state index is 13.3. The van der Waals surface area contributed by atoms with E-state index in [1.807, 2.05) is 6.07 Å². The molecule has 0 fully saturated rings. The monoisotopic (exact) mass is 614 g/mol. The Kier molecular flexibility index (Phi) is 12.0. The van der Waals surface area contributed by atoms with Crippen molar-refractivity contribution in [3.8, 4) is 0 Å². The van der Waals surface area contributed by atoms with Gasteiger partial charge >= 0.3 is 0 Å². The van der Waals surface area contributed by atoms with Gasteiger partial charge in [0, 0.05) is 25.2 Å². The summed E-state index contributed by atoms with van der Waals surface area (Å²) in [4.78, 5) is 81.2. The molecular formula is C33H38N6O6. The fourth-order valence-electron chi connectivity index (χ4n) is 4.31. The summed E-state index contributed by atoms with van der Waals surface area (Å²) < 4.78 is 0. The number of benzene rings is 2. The number of nitrogens with two attached hydrogens (primary N) is 1. The third-order valence-electron chi connectivity index (χ3n) is 6.95. The zero-order chi connectivity index (χ0) is 33.0. The number of rotatable bonds is 15. The molecule has 0 saturated carbocycles. The van der Waals surface area contributed by atoms with Gasteiger partial charge in [0.15, 0.2) is 0 Å². The van der Waals surface area contributed by atoms with Crippen LogP contribution >= 0.6 is 0 Å². The average molecular weight is 615 g/mol. The largest absolute Gasteiger partial charge is 0.368 e. The van der Waals surface area contributed by atoms with Crippen molar-refractivity contribution in [1.82, 2.24) is 26.3 Å². The zero-order valence-electron chi connectivity index (χ0n) is 25.4. The van der Waals surface area contributed by atoms with E-state index >= 15 is 0 Å². The van der Waals surface area contributed by atoms with Crippen LogP contribution in [0.5, 0.6) is 0 Å². The van der Waals surface area contributed by atoms with Crippen LogP contribution < -0.4 is 27.0 Å². The van der Waals surface area contributed by atoms with Crippen LogP contribution in [0.4, 0.5) is 0 Å². The van der Waals surface area contributed by atoms with E-state index in [1.54, 1.807) is 79.1 Å². The summed E-state index contributed by atoms with van der Waals surface area (Å²) in [6, 6.07) is 17.6. The van der Waals surface area contributed by atoms with E-state index in [0.29, 0.717) is 11.1 Å². The van der Waals surface area contributed by atoms with Crippen molar-refractivity contribution in [3.63, 3.8) is 0 Å². The number of hydrogen-bond acceptors (Lipinski definition) is 7. The molecule has 45 heavy (non-hydrogen) atoms. The maximum absolute atomic E-state index is 13.3. The van der Waals surface area contributed by atoms with Gasteiger partial charge in [-0.25, -0.2) is 0 Å². The summed E-state index contributed by atoms with van der Waals surface area (Å²) in [5.74, 6) is -4.74. The molecule has 3 aromatic rings. The number of ketones is 1. The Bertz CT molecular complexity index is 1500. The molecule has 0 spiro atoms. The van der Waals surface area contributed by atoms with Crippen molar-refractivity contribution in [2.24, 2.45) is 5.73 Å². The molecule has 236 valence electrons. The molecule has 0 aliphatic carbocycles. The molecule has 3 atom stereocenters. The fourth-order valence-corrected chi connectivity index (χ4v) is 4.31. The SMILES string of the molecule is CC(NC(=O)C(Cc1cccnc1)NC(=O)Cc1ccccc1)C(=O)C(=O)NC(Cc1ccccc1)C(=O)NC(C)(C)C(N)=O. The minimum atomic E-state index is -1.42. The molecule has 5 amide bonds. The van der Waals surface area contributed by atoms with Crippen molar-refractivity contribution < 1.29 is 28.8 Å². The van der Waals surface area contributed by atoms with Crippen LogP contribution in [-0.2, 0) is 48.0 Å². The molecule has 0 radical (unpaired) electrons. The highest BCUT2D eigenvalue weighted by Crippen LogP contribution is 2.08. The number of nitrogens with zero attached hydrogens (tertiary/aromatic N) is 1. The molecule has 3 rings (SSSR count). The summed E-state index contributed by atoms with van der Waals surface area (Å²) in [5.41, 5.74) is 6.07. The number of carbonyl (C=O) groups is 6. The number of hydrogen-bond donors (Lipinski definition) is 5. The second-order valence-corrected chi connectivity index (χ2v) is 11.1. The summed E-state index contributed by atoms with van der Waals surface area (Å²) in [6.45, 7) is 4.16. The molecule has 0 bridgehead atoms. The summed E-state index contributed by atoms with van der Waals surface area (Å²) in [6.07, 6.45) is 3.27. The lowest BCUT2D eigenvalue weighted by molar-refractivity contribution is -0.141. The zero-order valence-corrected chi connectivity index (χ0v) is 25.4. The molecule has 3 unspecified atom stereocenters. The first-order valence-electron chi connectivity index (χ1n) is 14.4. The van der Waals surface area contributed by atoms with Gasteiger partial charge in [0.05, 0.1) is 12.5 Å². The number of nitrogens with one attached hydrogen (secondary N) is 4. The lowest BCUT2D eigenvalue weighted by Crippen LogP contribution is -2.60. The molecule has 6 N–H and O–H groups in total. The molecule has 12 heteroatoms. The third kappa shape index (κ3) is 10.7. The molecule has 0 saturated heterocycles. The summed E-state index contributed by atoms with van der Waals surface area (Å²) in [7, 11) is 0. The number of carbonyl (C=O) groups excluding carboxylic acids is 6. The third-order valence-corrected chi connectivity index (χ3v) is 6.95. The minimum Gasteiger partial charge on any atom is -0.368 e. The first kappa shape index (κ1) is 34.1.